The Balaban J connectivity index is 1.64. The van der Waals surface area contributed by atoms with Crippen molar-refractivity contribution in [1.29, 1.82) is 0 Å². The van der Waals surface area contributed by atoms with Crippen LogP contribution in [0.3, 0.4) is 0 Å². The molecule has 3 aromatic rings. The first-order valence-electron chi connectivity index (χ1n) is 13.0. The number of ether oxygens (including phenoxy) is 2. The molecule has 0 fully saturated rings. The molecule has 0 radical (unpaired) electrons. The van der Waals surface area contributed by atoms with Gasteiger partial charge < -0.3 is 19.7 Å². The molecule has 1 atom stereocenters. The third kappa shape index (κ3) is 10.0. The lowest BCUT2D eigenvalue weighted by atomic mass is 10.1. The highest BCUT2D eigenvalue weighted by molar-refractivity contribution is 7.92. The number of hydrogen-bond acceptors (Lipinski definition) is 6. The summed E-state index contributed by atoms with van der Waals surface area (Å²) in [4.78, 5) is 27.4. The Morgan fingerprint density at radius 3 is 2.29 bits per heavy atom. The second-order valence-corrected chi connectivity index (χ2v) is 11.2. The third-order valence-electron chi connectivity index (χ3n) is 6.00. The van der Waals surface area contributed by atoms with Crippen LogP contribution < -0.4 is 14.8 Å². The van der Waals surface area contributed by atoms with Crippen LogP contribution in [0.1, 0.15) is 25.8 Å². The van der Waals surface area contributed by atoms with Gasteiger partial charge in [-0.3, -0.25) is 14.3 Å². The number of carbonyl (C=O) groups excluding carboxylic acids is 2. The molecule has 0 saturated heterocycles. The van der Waals surface area contributed by atoms with Gasteiger partial charge >= 0.3 is 0 Å². The topological polar surface area (TPSA) is 114 Å². The number of amides is 2. The van der Waals surface area contributed by atoms with E-state index in [2.05, 4.69) is 10.0 Å². The molecule has 9 nitrogen and oxygen atoms in total. The number of rotatable bonds is 15. The number of carbonyl (C=O) groups is 2. The molecule has 41 heavy (non-hydrogen) atoms. The van der Waals surface area contributed by atoms with Crippen molar-refractivity contribution in [3.05, 3.63) is 89.2 Å². The number of halogens is 2. The van der Waals surface area contributed by atoms with Crippen LogP contribution in [0.25, 0.3) is 0 Å². The van der Waals surface area contributed by atoms with Crippen LogP contribution in [-0.4, -0.2) is 57.5 Å². The van der Waals surface area contributed by atoms with Gasteiger partial charge in [-0.15, -0.1) is 0 Å². The zero-order valence-electron chi connectivity index (χ0n) is 22.8. The van der Waals surface area contributed by atoms with Crippen molar-refractivity contribution in [2.24, 2.45) is 0 Å². The molecule has 0 saturated carbocycles. The summed E-state index contributed by atoms with van der Waals surface area (Å²) in [5.74, 6) is -0.972. The number of nitrogens with one attached hydrogen (secondary N) is 2. The number of hydrogen-bond donors (Lipinski definition) is 2. The van der Waals surface area contributed by atoms with E-state index in [0.717, 1.165) is 17.7 Å². The minimum Gasteiger partial charge on any atom is -0.484 e. The normalized spacial score (nSPS) is 11.9. The van der Waals surface area contributed by atoms with Gasteiger partial charge in [0.2, 0.25) is 5.91 Å². The zero-order chi connectivity index (χ0) is 29.8. The molecule has 0 aromatic heterocycles. The Morgan fingerprint density at radius 2 is 1.66 bits per heavy atom. The van der Waals surface area contributed by atoms with Gasteiger partial charge in [0.1, 0.15) is 17.6 Å². The second kappa shape index (κ2) is 15.4. The third-order valence-corrected chi connectivity index (χ3v) is 7.64. The quantitative estimate of drug-likeness (QED) is 0.244. The van der Waals surface area contributed by atoms with Crippen molar-refractivity contribution in [3.63, 3.8) is 0 Å². The molecule has 0 aliphatic carbocycles. The highest BCUT2D eigenvalue weighted by atomic mass is 35.5. The van der Waals surface area contributed by atoms with Crippen molar-refractivity contribution in [2.75, 3.05) is 31.1 Å². The lowest BCUT2D eigenvalue weighted by Gasteiger charge is -2.28. The van der Waals surface area contributed by atoms with Gasteiger partial charge in [-0.05, 0) is 86.5 Å². The van der Waals surface area contributed by atoms with E-state index < -0.39 is 27.8 Å². The summed E-state index contributed by atoms with van der Waals surface area (Å²) in [6, 6.07) is 16.6. The Bertz CT molecular complexity index is 1390. The summed E-state index contributed by atoms with van der Waals surface area (Å²) in [6.07, 6.45) is 0.645. The summed E-state index contributed by atoms with van der Waals surface area (Å²) in [7, 11) is -3.92. The molecule has 0 spiro atoms. The van der Waals surface area contributed by atoms with Gasteiger partial charge in [0.15, 0.2) is 6.61 Å². The minimum atomic E-state index is -3.92. The molecule has 3 aromatic carbocycles. The molecule has 0 unspecified atom stereocenters. The van der Waals surface area contributed by atoms with Crippen molar-refractivity contribution in [2.45, 2.75) is 37.8 Å². The largest absolute Gasteiger partial charge is 0.484 e. The van der Waals surface area contributed by atoms with Gasteiger partial charge in [-0.25, -0.2) is 12.8 Å². The Labute approximate surface area is 244 Å². The monoisotopic (exact) mass is 605 g/mol. The smallest absolute Gasteiger partial charge is 0.261 e. The fraction of sp³-hybridized carbons (Fsp3) is 0.310. The molecule has 0 aliphatic rings. The molecular weight excluding hydrogens is 573 g/mol. The molecular formula is C29H33ClFN3O6S. The van der Waals surface area contributed by atoms with Gasteiger partial charge in [0, 0.05) is 37.0 Å². The molecule has 12 heteroatoms. The highest BCUT2D eigenvalue weighted by Gasteiger charge is 2.26. The van der Waals surface area contributed by atoms with E-state index in [1.54, 1.807) is 31.2 Å². The van der Waals surface area contributed by atoms with E-state index >= 15 is 0 Å². The van der Waals surface area contributed by atoms with Crippen molar-refractivity contribution in [3.8, 4) is 5.75 Å². The van der Waals surface area contributed by atoms with E-state index in [1.807, 2.05) is 6.92 Å². The second-order valence-electron chi connectivity index (χ2n) is 9.04. The van der Waals surface area contributed by atoms with Gasteiger partial charge in [0.25, 0.3) is 15.9 Å². The summed E-state index contributed by atoms with van der Waals surface area (Å²) in [6.45, 7) is 4.84. The fourth-order valence-corrected chi connectivity index (χ4v) is 4.91. The summed E-state index contributed by atoms with van der Waals surface area (Å²) in [5.41, 5.74) is 0.993. The zero-order valence-corrected chi connectivity index (χ0v) is 24.4. The van der Waals surface area contributed by atoms with Gasteiger partial charge in [-0.2, -0.15) is 0 Å². The van der Waals surface area contributed by atoms with E-state index in [1.165, 1.54) is 41.3 Å². The SMILES string of the molecule is CCOCCCNC(=O)[C@H](C)N(Cc1ccc(Cl)cc1)C(=O)COc1ccc(S(=O)(=O)Nc2ccc(F)cc2)cc1. The first-order chi connectivity index (χ1) is 19.6. The lowest BCUT2D eigenvalue weighted by Crippen LogP contribution is -2.49. The van der Waals surface area contributed by atoms with Gasteiger partial charge in [0.05, 0.1) is 4.90 Å². The molecule has 0 heterocycles. The van der Waals surface area contributed by atoms with E-state index in [4.69, 9.17) is 21.1 Å². The van der Waals surface area contributed by atoms with Crippen LogP contribution in [0.5, 0.6) is 5.75 Å². The number of anilines is 1. The standard InChI is InChI=1S/C29H33ClFN3O6S/c1-3-39-18-4-17-32-29(36)21(2)34(19-22-5-7-23(30)8-6-22)28(35)20-40-26-13-15-27(16-14-26)41(37,38)33-25-11-9-24(31)10-12-25/h5-16,21,33H,3-4,17-20H2,1-2H3,(H,32,36)/t21-/m0/s1. The average Bonchev–Trinajstić information content (AvgIpc) is 2.96. The van der Waals surface area contributed by atoms with Crippen LogP contribution in [0, 0.1) is 5.82 Å². The Morgan fingerprint density at radius 1 is 1.00 bits per heavy atom. The van der Waals surface area contributed by atoms with E-state index in [9.17, 15) is 22.4 Å². The van der Waals surface area contributed by atoms with Gasteiger partial charge in [-0.1, -0.05) is 23.7 Å². The summed E-state index contributed by atoms with van der Waals surface area (Å²) >= 11 is 5.99. The summed E-state index contributed by atoms with van der Waals surface area (Å²) < 4.78 is 51.7. The molecule has 0 bridgehead atoms. The summed E-state index contributed by atoms with van der Waals surface area (Å²) in [5, 5.41) is 3.38. The van der Waals surface area contributed by atoms with Crippen molar-refractivity contribution < 1.29 is 31.9 Å². The van der Waals surface area contributed by atoms with Crippen molar-refractivity contribution >= 4 is 39.1 Å². The predicted octanol–water partition coefficient (Wildman–Crippen LogP) is 4.62. The average molecular weight is 606 g/mol. The van der Waals surface area contributed by atoms with Crippen LogP contribution >= 0.6 is 11.6 Å². The number of sulfonamides is 1. The van der Waals surface area contributed by atoms with Crippen LogP contribution in [0.2, 0.25) is 5.02 Å². The molecule has 220 valence electrons. The maximum atomic E-state index is 13.2. The number of benzene rings is 3. The molecule has 2 amide bonds. The van der Waals surface area contributed by atoms with Crippen LogP contribution in [0.15, 0.2) is 77.7 Å². The highest BCUT2D eigenvalue weighted by Crippen LogP contribution is 2.20. The minimum absolute atomic E-state index is 0.0421. The first-order valence-corrected chi connectivity index (χ1v) is 14.9. The molecule has 0 aliphatic heterocycles. The Kier molecular flexibility index (Phi) is 11.9. The maximum Gasteiger partial charge on any atom is 0.261 e. The van der Waals surface area contributed by atoms with Crippen LogP contribution in [0.4, 0.5) is 10.1 Å². The molecule has 3 rings (SSSR count). The lowest BCUT2D eigenvalue weighted by molar-refractivity contribution is -0.142. The first kappa shape index (κ1) is 31.9. The maximum absolute atomic E-state index is 13.2. The van der Waals surface area contributed by atoms with Crippen molar-refractivity contribution in [1.82, 2.24) is 10.2 Å². The Hall–Kier alpha value is -3.67. The van der Waals surface area contributed by atoms with Crippen LogP contribution in [-0.2, 0) is 30.9 Å². The fourth-order valence-electron chi connectivity index (χ4n) is 3.72. The number of nitrogens with zero attached hydrogens (tertiary/aromatic N) is 1. The molecule has 2 N–H and O–H groups in total. The van der Waals surface area contributed by atoms with E-state index in [0.29, 0.717) is 31.2 Å². The predicted molar refractivity (Wildman–Crippen MR) is 155 cm³/mol. The van der Waals surface area contributed by atoms with E-state index in [-0.39, 0.29) is 35.4 Å².